The van der Waals surface area contributed by atoms with Crippen molar-refractivity contribution in [1.29, 1.82) is 0 Å². The van der Waals surface area contributed by atoms with Crippen LogP contribution in [0.4, 0.5) is 0 Å². The number of hydrogen-bond donors (Lipinski definition) is 1. The Balaban J connectivity index is 3.04. The lowest BCUT2D eigenvalue weighted by atomic mass is 10.1. The maximum absolute atomic E-state index is 3.62. The van der Waals surface area contributed by atoms with Crippen molar-refractivity contribution in [3.05, 3.63) is 12.8 Å². The molecule has 1 atom stereocenters. The molecule has 0 bridgehead atoms. The fourth-order valence-corrected chi connectivity index (χ4v) is 0.985. The molecule has 1 nitrogen and oxygen atoms in total. The van der Waals surface area contributed by atoms with E-state index in [2.05, 4.69) is 25.7 Å². The molecule has 0 aliphatic rings. The summed E-state index contributed by atoms with van der Waals surface area (Å²) in [5.41, 5.74) is 0. The van der Waals surface area contributed by atoms with Crippen molar-refractivity contribution < 1.29 is 0 Å². The quantitative estimate of drug-likeness (QED) is 0.561. The Hall–Kier alpha value is -0.460. The van der Waals surface area contributed by atoms with Gasteiger partial charge >= 0.3 is 0 Å². The van der Waals surface area contributed by atoms with Crippen molar-refractivity contribution in [3.8, 4) is 0 Å². The van der Waals surface area contributed by atoms with E-state index in [-0.39, 0.29) is 0 Å². The topological polar surface area (TPSA) is 12.0 Å². The molecular formula is C9H19N. The predicted octanol–water partition coefficient (Wildman–Crippen LogP) is 2.69. The zero-order valence-corrected chi connectivity index (χ0v) is 7.19. The van der Waals surface area contributed by atoms with Gasteiger partial charge in [0.05, 0.1) is 0 Å². The lowest BCUT2D eigenvalue weighted by molar-refractivity contribution is 0.541. The molecule has 0 rings (SSSR count). The first-order chi connectivity index (χ1) is 4.81. The minimum Gasteiger partial charge on any atom is -0.389 e. The van der Waals surface area contributed by atoms with E-state index >= 15 is 0 Å². The molecule has 0 aromatic rings. The Morgan fingerprint density at radius 2 is 2.20 bits per heavy atom. The summed E-state index contributed by atoms with van der Waals surface area (Å²) in [7, 11) is 0. The second kappa shape index (κ2) is 6.66. The van der Waals surface area contributed by atoms with Crippen LogP contribution in [0.25, 0.3) is 0 Å². The van der Waals surface area contributed by atoms with Gasteiger partial charge < -0.3 is 5.32 Å². The molecule has 0 aromatic carbocycles. The smallest absolute Gasteiger partial charge is 0.0227 e. The SMILES string of the molecule is C=CN[C@@H](C)CCCCC. The van der Waals surface area contributed by atoms with Gasteiger partial charge in [-0.05, 0) is 19.5 Å². The number of rotatable bonds is 6. The first-order valence-corrected chi connectivity index (χ1v) is 4.18. The molecule has 0 saturated heterocycles. The van der Waals surface area contributed by atoms with E-state index in [4.69, 9.17) is 0 Å². The Morgan fingerprint density at radius 1 is 1.50 bits per heavy atom. The van der Waals surface area contributed by atoms with Crippen LogP contribution in [0.15, 0.2) is 12.8 Å². The summed E-state index contributed by atoms with van der Waals surface area (Å²) in [4.78, 5) is 0. The molecule has 0 spiro atoms. The van der Waals surface area contributed by atoms with E-state index in [1.807, 2.05) is 0 Å². The fraction of sp³-hybridized carbons (Fsp3) is 0.778. The Bertz CT molecular complexity index is 78.8. The number of nitrogens with one attached hydrogen (secondary N) is 1. The van der Waals surface area contributed by atoms with E-state index < -0.39 is 0 Å². The first-order valence-electron chi connectivity index (χ1n) is 4.18. The van der Waals surface area contributed by atoms with Gasteiger partial charge in [0.2, 0.25) is 0 Å². The highest BCUT2D eigenvalue weighted by Crippen LogP contribution is 2.01. The largest absolute Gasteiger partial charge is 0.389 e. The molecule has 0 aliphatic carbocycles. The van der Waals surface area contributed by atoms with Crippen molar-refractivity contribution in [2.24, 2.45) is 0 Å². The molecule has 0 aliphatic heterocycles. The molecule has 0 unspecified atom stereocenters. The fourth-order valence-electron chi connectivity index (χ4n) is 0.985. The van der Waals surface area contributed by atoms with Crippen LogP contribution in [0.2, 0.25) is 0 Å². The normalized spacial score (nSPS) is 12.6. The van der Waals surface area contributed by atoms with E-state index in [1.54, 1.807) is 6.20 Å². The van der Waals surface area contributed by atoms with E-state index in [0.29, 0.717) is 6.04 Å². The molecule has 0 amide bonds. The molecule has 1 N–H and O–H groups in total. The minimum absolute atomic E-state index is 0.601. The van der Waals surface area contributed by atoms with Crippen molar-refractivity contribution in [2.75, 3.05) is 0 Å². The summed E-state index contributed by atoms with van der Waals surface area (Å²) in [5.74, 6) is 0. The molecule has 0 radical (unpaired) electrons. The van der Waals surface area contributed by atoms with Gasteiger partial charge in [-0.15, -0.1) is 0 Å². The molecule has 10 heavy (non-hydrogen) atoms. The highest BCUT2D eigenvalue weighted by atomic mass is 14.9. The van der Waals surface area contributed by atoms with Crippen molar-refractivity contribution in [1.82, 2.24) is 5.32 Å². The molecular weight excluding hydrogens is 122 g/mol. The van der Waals surface area contributed by atoms with Crippen LogP contribution in [-0.4, -0.2) is 6.04 Å². The molecule has 0 saturated carbocycles. The number of unbranched alkanes of at least 4 members (excludes halogenated alkanes) is 2. The summed E-state index contributed by atoms with van der Waals surface area (Å²) < 4.78 is 0. The summed E-state index contributed by atoms with van der Waals surface area (Å²) in [6, 6.07) is 0.601. The van der Waals surface area contributed by atoms with E-state index in [9.17, 15) is 0 Å². The van der Waals surface area contributed by atoms with Crippen LogP contribution >= 0.6 is 0 Å². The minimum atomic E-state index is 0.601. The average Bonchev–Trinajstić information content (AvgIpc) is 1.89. The third kappa shape index (κ3) is 5.67. The van der Waals surface area contributed by atoms with Gasteiger partial charge in [0, 0.05) is 6.04 Å². The van der Waals surface area contributed by atoms with Crippen LogP contribution in [0.1, 0.15) is 39.5 Å². The zero-order valence-electron chi connectivity index (χ0n) is 7.19. The summed E-state index contributed by atoms with van der Waals surface area (Å²) in [5, 5.41) is 3.17. The van der Waals surface area contributed by atoms with Crippen LogP contribution in [0.5, 0.6) is 0 Å². The first kappa shape index (κ1) is 9.54. The lowest BCUT2D eigenvalue weighted by Crippen LogP contribution is -2.19. The van der Waals surface area contributed by atoms with Crippen molar-refractivity contribution in [3.63, 3.8) is 0 Å². The van der Waals surface area contributed by atoms with Gasteiger partial charge in [-0.1, -0.05) is 32.8 Å². The lowest BCUT2D eigenvalue weighted by Gasteiger charge is -2.09. The van der Waals surface area contributed by atoms with E-state index in [1.165, 1.54) is 25.7 Å². The van der Waals surface area contributed by atoms with Gasteiger partial charge in [0.15, 0.2) is 0 Å². The van der Waals surface area contributed by atoms with Gasteiger partial charge in [-0.2, -0.15) is 0 Å². The van der Waals surface area contributed by atoms with Gasteiger partial charge in [0.1, 0.15) is 0 Å². The second-order valence-corrected chi connectivity index (χ2v) is 2.77. The maximum Gasteiger partial charge on any atom is 0.0227 e. The summed E-state index contributed by atoms with van der Waals surface area (Å²) in [6.45, 7) is 8.04. The van der Waals surface area contributed by atoms with Crippen LogP contribution < -0.4 is 5.32 Å². The third-order valence-electron chi connectivity index (χ3n) is 1.64. The Morgan fingerprint density at radius 3 is 2.70 bits per heavy atom. The summed E-state index contributed by atoms with van der Waals surface area (Å²) in [6.07, 6.45) is 7.03. The third-order valence-corrected chi connectivity index (χ3v) is 1.64. The Kier molecular flexibility index (Phi) is 6.35. The van der Waals surface area contributed by atoms with Gasteiger partial charge in [-0.3, -0.25) is 0 Å². The predicted molar refractivity (Wildman–Crippen MR) is 46.9 cm³/mol. The molecule has 0 aromatic heterocycles. The Labute approximate surface area is 64.5 Å². The standard InChI is InChI=1S/C9H19N/c1-4-6-7-8-9(3)10-5-2/h5,9-10H,2,4,6-8H2,1,3H3/t9-/m0/s1. The highest BCUT2D eigenvalue weighted by molar-refractivity contribution is 4.69. The molecule has 0 heterocycles. The van der Waals surface area contributed by atoms with Crippen molar-refractivity contribution in [2.45, 2.75) is 45.6 Å². The molecule has 0 fully saturated rings. The molecule has 1 heteroatoms. The average molecular weight is 141 g/mol. The van der Waals surface area contributed by atoms with Crippen LogP contribution in [-0.2, 0) is 0 Å². The second-order valence-electron chi connectivity index (χ2n) is 2.77. The molecule has 60 valence electrons. The van der Waals surface area contributed by atoms with Crippen molar-refractivity contribution >= 4 is 0 Å². The monoisotopic (exact) mass is 141 g/mol. The summed E-state index contributed by atoms with van der Waals surface area (Å²) >= 11 is 0. The highest BCUT2D eigenvalue weighted by Gasteiger charge is 1.95. The zero-order chi connectivity index (χ0) is 7.82. The van der Waals surface area contributed by atoms with Crippen LogP contribution in [0, 0.1) is 0 Å². The van der Waals surface area contributed by atoms with Gasteiger partial charge in [-0.25, -0.2) is 0 Å². The maximum atomic E-state index is 3.62. The number of hydrogen-bond acceptors (Lipinski definition) is 1. The van der Waals surface area contributed by atoms with Gasteiger partial charge in [0.25, 0.3) is 0 Å². The van der Waals surface area contributed by atoms with E-state index in [0.717, 1.165) is 0 Å². The van der Waals surface area contributed by atoms with Crippen LogP contribution in [0.3, 0.4) is 0 Å².